The van der Waals surface area contributed by atoms with Gasteiger partial charge in [-0.1, -0.05) is 24.6 Å². The number of hydrogen-bond donors (Lipinski definition) is 1. The minimum absolute atomic E-state index is 0.694. The van der Waals surface area contributed by atoms with Gasteiger partial charge >= 0.3 is 0 Å². The van der Waals surface area contributed by atoms with Crippen molar-refractivity contribution in [3.63, 3.8) is 0 Å². The second-order valence-corrected chi connectivity index (χ2v) is 6.22. The number of hydrogen-bond acceptors (Lipinski definition) is 4. The highest BCUT2D eigenvalue weighted by Crippen LogP contribution is 2.28. The number of nitrogens with zero attached hydrogens (tertiary/aromatic N) is 3. The molecule has 2 heterocycles. The molecule has 0 unspecified atom stereocenters. The molecular weight excluding hydrogens is 364 g/mol. The van der Waals surface area contributed by atoms with Gasteiger partial charge in [-0.25, -0.2) is 15.0 Å². The molecule has 6 heteroatoms. The number of anilines is 2. The van der Waals surface area contributed by atoms with Crippen molar-refractivity contribution in [3.8, 4) is 0 Å². The van der Waals surface area contributed by atoms with Crippen LogP contribution in [0.5, 0.6) is 0 Å². The average Bonchev–Trinajstić information content (AvgIpc) is 2.51. The van der Waals surface area contributed by atoms with Crippen LogP contribution in [-0.4, -0.2) is 15.0 Å². The largest absolute Gasteiger partial charge is 0.338 e. The van der Waals surface area contributed by atoms with Crippen molar-refractivity contribution in [2.24, 2.45) is 0 Å². The lowest BCUT2D eigenvalue weighted by Crippen LogP contribution is -2.03. The van der Waals surface area contributed by atoms with E-state index in [4.69, 9.17) is 11.6 Å². The number of halogens is 2. The zero-order valence-electron chi connectivity index (χ0n) is 12.2. The monoisotopic (exact) mass is 376 g/mol. The molecule has 22 heavy (non-hydrogen) atoms. The van der Waals surface area contributed by atoms with Crippen LogP contribution >= 0.6 is 27.5 Å². The van der Waals surface area contributed by atoms with E-state index in [9.17, 15) is 0 Å². The van der Waals surface area contributed by atoms with Gasteiger partial charge in [-0.2, -0.15) is 0 Å². The van der Waals surface area contributed by atoms with Crippen LogP contribution in [0.15, 0.2) is 34.9 Å². The molecule has 0 amide bonds. The third kappa shape index (κ3) is 2.91. The number of rotatable bonds is 3. The first-order valence-electron chi connectivity index (χ1n) is 6.92. The van der Waals surface area contributed by atoms with E-state index in [0.29, 0.717) is 5.82 Å². The fraction of sp³-hybridized carbons (Fsp3) is 0.188. The Hall–Kier alpha value is -1.72. The minimum atomic E-state index is 0.694. The van der Waals surface area contributed by atoms with Crippen molar-refractivity contribution < 1.29 is 0 Å². The van der Waals surface area contributed by atoms with Crippen molar-refractivity contribution in [2.75, 3.05) is 5.32 Å². The smallest absolute Gasteiger partial charge is 0.160 e. The maximum Gasteiger partial charge on any atom is 0.160 e. The second-order valence-electron chi connectivity index (χ2n) is 4.90. The van der Waals surface area contributed by atoms with E-state index in [1.807, 2.05) is 38.1 Å². The molecule has 1 N–H and O–H groups in total. The molecule has 2 aromatic heterocycles. The van der Waals surface area contributed by atoms with Gasteiger partial charge < -0.3 is 5.32 Å². The highest BCUT2D eigenvalue weighted by Gasteiger charge is 2.11. The van der Waals surface area contributed by atoms with Crippen LogP contribution in [0, 0.1) is 6.92 Å². The van der Waals surface area contributed by atoms with Gasteiger partial charge in [-0.05, 0) is 46.6 Å². The summed E-state index contributed by atoms with van der Waals surface area (Å²) in [6.45, 7) is 4.00. The summed E-state index contributed by atoms with van der Waals surface area (Å²) in [5, 5.41) is 4.05. The molecule has 0 aliphatic rings. The van der Waals surface area contributed by atoms with Gasteiger partial charge in [0.1, 0.15) is 11.3 Å². The number of benzene rings is 1. The molecule has 0 spiro atoms. The molecule has 0 saturated carbocycles. The summed E-state index contributed by atoms with van der Waals surface area (Å²) in [7, 11) is 0. The summed E-state index contributed by atoms with van der Waals surface area (Å²) in [5.41, 5.74) is 3.44. The zero-order chi connectivity index (χ0) is 15.7. The number of aromatic nitrogens is 3. The molecule has 4 nitrogen and oxygen atoms in total. The zero-order valence-corrected chi connectivity index (χ0v) is 14.5. The number of pyridine rings is 1. The molecule has 112 valence electrons. The topological polar surface area (TPSA) is 50.7 Å². The summed E-state index contributed by atoms with van der Waals surface area (Å²) >= 11 is 9.61. The quantitative estimate of drug-likeness (QED) is 0.693. The average molecular weight is 378 g/mol. The fourth-order valence-electron chi connectivity index (χ4n) is 2.16. The fourth-order valence-corrected chi connectivity index (χ4v) is 2.65. The highest BCUT2D eigenvalue weighted by molar-refractivity contribution is 9.10. The molecular formula is C16H14BrClN4. The van der Waals surface area contributed by atoms with Gasteiger partial charge in [0.2, 0.25) is 0 Å². The Balaban J connectivity index is 2.15. The Morgan fingerprint density at radius 2 is 2.09 bits per heavy atom. The maximum absolute atomic E-state index is 6.18. The van der Waals surface area contributed by atoms with Crippen LogP contribution in [-0.2, 0) is 6.42 Å². The van der Waals surface area contributed by atoms with Crippen LogP contribution in [0.4, 0.5) is 11.5 Å². The van der Waals surface area contributed by atoms with E-state index in [0.717, 1.165) is 44.0 Å². The van der Waals surface area contributed by atoms with E-state index in [1.54, 1.807) is 6.20 Å². The Morgan fingerprint density at radius 3 is 2.86 bits per heavy atom. The van der Waals surface area contributed by atoms with Gasteiger partial charge in [-0.3, -0.25) is 0 Å². The molecule has 0 aliphatic heterocycles. The molecule has 0 saturated heterocycles. The van der Waals surface area contributed by atoms with Gasteiger partial charge in [0.05, 0.1) is 5.52 Å². The summed E-state index contributed by atoms with van der Waals surface area (Å²) in [4.78, 5) is 13.5. The molecule has 3 rings (SSSR count). The van der Waals surface area contributed by atoms with E-state index >= 15 is 0 Å². The van der Waals surface area contributed by atoms with Crippen molar-refractivity contribution in [3.05, 3.63) is 51.3 Å². The highest BCUT2D eigenvalue weighted by atomic mass is 79.9. The van der Waals surface area contributed by atoms with Crippen LogP contribution in [0.1, 0.15) is 18.3 Å². The standard InChI is InChI=1S/C16H14BrClN4/c1-3-14-20-13-7-10(17)8-19-15(13)16(22-14)21-12-6-4-5-11(18)9(12)2/h4-8H,3H2,1-2H3,(H,20,21,22). The first-order valence-corrected chi connectivity index (χ1v) is 8.10. The molecule has 0 radical (unpaired) electrons. The van der Waals surface area contributed by atoms with E-state index < -0.39 is 0 Å². The number of fused-ring (bicyclic) bond motifs is 1. The Kier molecular flexibility index (Phi) is 4.27. The third-order valence-electron chi connectivity index (χ3n) is 3.39. The van der Waals surface area contributed by atoms with Crippen molar-refractivity contribution in [1.29, 1.82) is 0 Å². The molecule has 1 aromatic carbocycles. The summed E-state index contributed by atoms with van der Waals surface area (Å²) in [6, 6.07) is 7.69. The van der Waals surface area contributed by atoms with Gasteiger partial charge in [0.25, 0.3) is 0 Å². The maximum atomic E-state index is 6.18. The molecule has 0 fully saturated rings. The Morgan fingerprint density at radius 1 is 1.27 bits per heavy atom. The Labute approximate surface area is 142 Å². The summed E-state index contributed by atoms with van der Waals surface area (Å²) in [5.74, 6) is 1.47. The van der Waals surface area contributed by atoms with Crippen LogP contribution < -0.4 is 5.32 Å². The molecule has 3 aromatic rings. The van der Waals surface area contributed by atoms with Gasteiger partial charge in [-0.15, -0.1) is 0 Å². The van der Waals surface area contributed by atoms with Gasteiger partial charge in [0, 0.05) is 27.8 Å². The van der Waals surface area contributed by atoms with Crippen LogP contribution in [0.25, 0.3) is 11.0 Å². The first kappa shape index (κ1) is 15.2. The predicted octanol–water partition coefficient (Wildman–Crippen LogP) is 5.06. The Bertz CT molecular complexity index is 851. The van der Waals surface area contributed by atoms with Crippen molar-refractivity contribution in [1.82, 2.24) is 15.0 Å². The predicted molar refractivity (Wildman–Crippen MR) is 93.9 cm³/mol. The minimum Gasteiger partial charge on any atom is -0.338 e. The third-order valence-corrected chi connectivity index (χ3v) is 4.23. The first-order chi connectivity index (χ1) is 10.6. The second kappa shape index (κ2) is 6.18. The lowest BCUT2D eigenvalue weighted by Gasteiger charge is -2.12. The van der Waals surface area contributed by atoms with E-state index in [1.165, 1.54) is 0 Å². The molecule has 0 atom stereocenters. The summed E-state index contributed by atoms with van der Waals surface area (Å²) in [6.07, 6.45) is 2.50. The van der Waals surface area contributed by atoms with Crippen LogP contribution in [0.2, 0.25) is 5.02 Å². The summed E-state index contributed by atoms with van der Waals surface area (Å²) < 4.78 is 0.894. The number of nitrogens with one attached hydrogen (secondary N) is 1. The normalized spacial score (nSPS) is 10.9. The number of aryl methyl sites for hydroxylation is 1. The lowest BCUT2D eigenvalue weighted by molar-refractivity contribution is 0.960. The van der Waals surface area contributed by atoms with Crippen LogP contribution in [0.3, 0.4) is 0 Å². The molecule has 0 aliphatic carbocycles. The van der Waals surface area contributed by atoms with E-state index in [2.05, 4.69) is 36.2 Å². The molecule has 0 bridgehead atoms. The SMILES string of the molecule is CCc1nc(Nc2cccc(Cl)c2C)c2ncc(Br)cc2n1. The lowest BCUT2D eigenvalue weighted by atomic mass is 10.2. The van der Waals surface area contributed by atoms with Crippen molar-refractivity contribution >= 4 is 50.1 Å². The van der Waals surface area contributed by atoms with Crippen molar-refractivity contribution in [2.45, 2.75) is 20.3 Å². The van der Waals surface area contributed by atoms with Gasteiger partial charge in [0.15, 0.2) is 5.82 Å². The van der Waals surface area contributed by atoms with E-state index in [-0.39, 0.29) is 0 Å².